The van der Waals surface area contributed by atoms with Crippen molar-refractivity contribution in [1.82, 2.24) is 0 Å². The molecule has 0 aromatic carbocycles. The summed E-state index contributed by atoms with van der Waals surface area (Å²) in [5, 5.41) is 20.8. The van der Waals surface area contributed by atoms with Gasteiger partial charge in [0, 0.05) is 0 Å². The molecule has 0 aromatic rings. The Morgan fingerprint density at radius 2 is 1.83 bits per heavy atom. The summed E-state index contributed by atoms with van der Waals surface area (Å²) in [7, 11) is 0. The van der Waals surface area contributed by atoms with Crippen LogP contribution in [-0.2, 0) is 4.79 Å². The highest BCUT2D eigenvalue weighted by Crippen LogP contribution is 2.72. The Kier molecular flexibility index (Phi) is 3.01. The van der Waals surface area contributed by atoms with E-state index in [0.29, 0.717) is 5.92 Å². The van der Waals surface area contributed by atoms with Crippen molar-refractivity contribution in [2.75, 3.05) is 0 Å². The van der Waals surface area contributed by atoms with E-state index in [1.807, 2.05) is 6.92 Å². The first kappa shape index (κ1) is 15.7. The molecular weight excluding hydrogens is 288 g/mol. The molecule has 0 radical (unpaired) electrons. The van der Waals surface area contributed by atoms with Crippen LogP contribution in [0.1, 0.15) is 71.6 Å². The number of fused-ring (bicyclic) bond motifs is 3. The SMILES string of the molecule is C=C1C[C@]23CCC4[C@](C)(CCC[C@@]4(C)C(=O)O)C2CC[C@@]1(O)C3. The van der Waals surface area contributed by atoms with Crippen LogP contribution in [0, 0.1) is 28.1 Å². The zero-order chi connectivity index (χ0) is 16.7. The third-order valence-corrected chi connectivity index (χ3v) is 8.65. The van der Waals surface area contributed by atoms with Crippen LogP contribution in [-0.4, -0.2) is 21.8 Å². The molecule has 0 saturated heterocycles. The standard InChI is InChI=1S/C20H30O3/c1-13-11-19-9-5-14-17(2,7-4-8-18(14,3)16(21)22)15(19)6-10-20(13,23)12-19/h14-15,23H,1,4-12H2,2-3H3,(H,21,22)/t14?,15?,17-,18+,19-,20+/m0/s1. The summed E-state index contributed by atoms with van der Waals surface area (Å²) in [6, 6.07) is 0. The number of aliphatic carboxylic acids is 1. The van der Waals surface area contributed by atoms with Crippen LogP contribution in [0.25, 0.3) is 0 Å². The van der Waals surface area contributed by atoms with Crippen LogP contribution < -0.4 is 0 Å². The molecule has 0 amide bonds. The zero-order valence-electron chi connectivity index (χ0n) is 14.5. The van der Waals surface area contributed by atoms with Crippen LogP contribution in [0.4, 0.5) is 0 Å². The minimum atomic E-state index is -0.634. The zero-order valence-corrected chi connectivity index (χ0v) is 14.5. The number of carboxylic acids is 1. The van der Waals surface area contributed by atoms with Crippen molar-refractivity contribution in [2.45, 2.75) is 77.2 Å². The van der Waals surface area contributed by atoms with Crippen LogP contribution in [0.3, 0.4) is 0 Å². The normalized spacial score (nSPS) is 55.2. The molecule has 4 aliphatic carbocycles. The topological polar surface area (TPSA) is 57.5 Å². The Morgan fingerprint density at radius 3 is 2.52 bits per heavy atom. The number of rotatable bonds is 1. The summed E-state index contributed by atoms with van der Waals surface area (Å²) in [6.07, 6.45) is 8.75. The van der Waals surface area contributed by atoms with E-state index >= 15 is 0 Å². The first-order chi connectivity index (χ1) is 10.7. The lowest BCUT2D eigenvalue weighted by Crippen LogP contribution is -2.59. The Hall–Kier alpha value is -0.830. The Balaban J connectivity index is 1.76. The first-order valence-electron chi connectivity index (χ1n) is 9.30. The lowest BCUT2D eigenvalue weighted by Gasteiger charge is -2.63. The highest BCUT2D eigenvalue weighted by Gasteiger charge is 2.67. The Bertz CT molecular complexity index is 583. The second kappa shape index (κ2) is 4.41. The highest BCUT2D eigenvalue weighted by molar-refractivity contribution is 5.75. The third kappa shape index (κ3) is 1.78. The van der Waals surface area contributed by atoms with E-state index in [0.717, 1.165) is 63.4 Å². The number of hydrogen-bond acceptors (Lipinski definition) is 2. The lowest BCUT2D eigenvalue weighted by atomic mass is 9.41. The van der Waals surface area contributed by atoms with Crippen molar-refractivity contribution < 1.29 is 15.0 Å². The quantitative estimate of drug-likeness (QED) is 0.714. The molecule has 1 spiro atoms. The van der Waals surface area contributed by atoms with Gasteiger partial charge in [-0.25, -0.2) is 0 Å². The van der Waals surface area contributed by atoms with Crippen molar-refractivity contribution in [3.63, 3.8) is 0 Å². The van der Waals surface area contributed by atoms with Crippen molar-refractivity contribution >= 4 is 5.97 Å². The van der Waals surface area contributed by atoms with Gasteiger partial charge in [-0.1, -0.05) is 19.9 Å². The molecule has 23 heavy (non-hydrogen) atoms. The van der Waals surface area contributed by atoms with Gasteiger partial charge in [0.2, 0.25) is 0 Å². The summed E-state index contributed by atoms with van der Waals surface area (Å²) in [5.41, 5.74) is 0.128. The third-order valence-electron chi connectivity index (χ3n) is 8.65. The van der Waals surface area contributed by atoms with Gasteiger partial charge >= 0.3 is 5.97 Å². The van der Waals surface area contributed by atoms with E-state index in [4.69, 9.17) is 0 Å². The van der Waals surface area contributed by atoms with Gasteiger partial charge in [-0.3, -0.25) is 4.79 Å². The van der Waals surface area contributed by atoms with E-state index in [2.05, 4.69) is 13.5 Å². The largest absolute Gasteiger partial charge is 0.481 e. The van der Waals surface area contributed by atoms with E-state index in [-0.39, 0.29) is 16.7 Å². The Morgan fingerprint density at radius 1 is 1.13 bits per heavy atom. The second-order valence-electron chi connectivity index (χ2n) is 9.62. The van der Waals surface area contributed by atoms with Gasteiger partial charge in [0.05, 0.1) is 11.0 Å². The molecule has 4 fully saturated rings. The summed E-state index contributed by atoms with van der Waals surface area (Å²) in [6.45, 7) is 8.55. The molecule has 3 heteroatoms. The van der Waals surface area contributed by atoms with Gasteiger partial charge in [0.1, 0.15) is 0 Å². The van der Waals surface area contributed by atoms with Gasteiger partial charge in [0.25, 0.3) is 0 Å². The van der Waals surface area contributed by atoms with E-state index < -0.39 is 17.0 Å². The average molecular weight is 318 g/mol. The van der Waals surface area contributed by atoms with Crippen LogP contribution in [0.5, 0.6) is 0 Å². The molecule has 2 N–H and O–H groups in total. The van der Waals surface area contributed by atoms with Gasteiger partial charge in [-0.2, -0.15) is 0 Å². The maximum absolute atomic E-state index is 12.0. The smallest absolute Gasteiger partial charge is 0.309 e. The van der Waals surface area contributed by atoms with Crippen molar-refractivity contribution in [3.8, 4) is 0 Å². The molecule has 2 bridgehead atoms. The molecule has 128 valence electrons. The van der Waals surface area contributed by atoms with Crippen molar-refractivity contribution in [3.05, 3.63) is 12.2 Å². The predicted octanol–water partition coefficient (Wildman–Crippen LogP) is 4.16. The predicted molar refractivity (Wildman–Crippen MR) is 88.9 cm³/mol. The number of aliphatic hydroxyl groups is 1. The van der Waals surface area contributed by atoms with E-state index in [9.17, 15) is 15.0 Å². The summed E-state index contributed by atoms with van der Waals surface area (Å²) >= 11 is 0. The molecule has 4 aliphatic rings. The second-order valence-corrected chi connectivity index (χ2v) is 9.62. The van der Waals surface area contributed by atoms with Crippen molar-refractivity contribution in [2.24, 2.45) is 28.1 Å². The van der Waals surface area contributed by atoms with E-state index in [1.165, 1.54) is 0 Å². The van der Waals surface area contributed by atoms with Crippen molar-refractivity contribution in [1.29, 1.82) is 0 Å². The van der Waals surface area contributed by atoms with Gasteiger partial charge in [-0.15, -0.1) is 0 Å². The maximum atomic E-state index is 12.0. The summed E-state index contributed by atoms with van der Waals surface area (Å²) < 4.78 is 0. The number of carbonyl (C=O) groups is 1. The van der Waals surface area contributed by atoms with Crippen LogP contribution in [0.2, 0.25) is 0 Å². The molecule has 3 nitrogen and oxygen atoms in total. The monoisotopic (exact) mass is 318 g/mol. The summed E-state index contributed by atoms with van der Waals surface area (Å²) in [5.74, 6) is 0.219. The fourth-order valence-electron chi connectivity index (χ4n) is 7.61. The number of carboxylic acid groups (broad SMARTS) is 1. The first-order valence-corrected chi connectivity index (χ1v) is 9.30. The molecular formula is C20H30O3. The molecule has 0 heterocycles. The summed E-state index contributed by atoms with van der Waals surface area (Å²) in [4.78, 5) is 12.0. The fourth-order valence-corrected chi connectivity index (χ4v) is 7.61. The highest BCUT2D eigenvalue weighted by atomic mass is 16.4. The molecule has 6 atom stereocenters. The molecule has 4 saturated carbocycles. The molecule has 4 rings (SSSR count). The lowest BCUT2D eigenvalue weighted by molar-refractivity contribution is -0.186. The van der Waals surface area contributed by atoms with Gasteiger partial charge in [0.15, 0.2) is 0 Å². The van der Waals surface area contributed by atoms with Crippen LogP contribution in [0.15, 0.2) is 12.2 Å². The molecule has 2 unspecified atom stereocenters. The van der Waals surface area contributed by atoms with Gasteiger partial charge < -0.3 is 10.2 Å². The minimum absolute atomic E-state index is 0.107. The Labute approximate surface area is 139 Å². The van der Waals surface area contributed by atoms with E-state index in [1.54, 1.807) is 0 Å². The average Bonchev–Trinajstić information content (AvgIpc) is 2.63. The minimum Gasteiger partial charge on any atom is -0.481 e. The fraction of sp³-hybridized carbons (Fsp3) is 0.850. The molecule has 0 aliphatic heterocycles. The van der Waals surface area contributed by atoms with Crippen LogP contribution >= 0.6 is 0 Å². The van der Waals surface area contributed by atoms with Gasteiger partial charge in [-0.05, 0) is 86.5 Å². The maximum Gasteiger partial charge on any atom is 0.309 e. The molecule has 0 aromatic heterocycles. The number of hydrogen-bond donors (Lipinski definition) is 2.